The van der Waals surface area contributed by atoms with Gasteiger partial charge in [0.05, 0.1) is 12.0 Å². The second kappa shape index (κ2) is 6.71. The molecule has 1 saturated carbocycles. The molecule has 1 aromatic rings. The first-order valence-electron chi connectivity index (χ1n) is 8.45. The Morgan fingerprint density at radius 2 is 1.91 bits per heavy atom. The van der Waals surface area contributed by atoms with E-state index in [0.29, 0.717) is 17.7 Å². The number of nitrogens with zero attached hydrogens (tertiary/aromatic N) is 1. The van der Waals surface area contributed by atoms with Crippen LogP contribution in [0, 0.1) is 12.8 Å². The van der Waals surface area contributed by atoms with Crippen molar-refractivity contribution in [2.45, 2.75) is 45.1 Å². The summed E-state index contributed by atoms with van der Waals surface area (Å²) in [7, 11) is 0. The van der Waals surface area contributed by atoms with E-state index in [9.17, 15) is 14.7 Å². The molecule has 0 aromatic heterocycles. The summed E-state index contributed by atoms with van der Waals surface area (Å²) in [5.41, 5.74) is 2.26. The fraction of sp³-hybridized carbons (Fsp3) is 0.556. The van der Waals surface area contributed by atoms with Crippen molar-refractivity contribution in [1.82, 2.24) is 4.90 Å². The van der Waals surface area contributed by atoms with Gasteiger partial charge in [-0.1, -0.05) is 0 Å². The monoisotopic (exact) mass is 316 g/mol. The highest BCUT2D eigenvalue weighted by Gasteiger charge is 2.31. The van der Waals surface area contributed by atoms with Gasteiger partial charge in [0.15, 0.2) is 0 Å². The third-order valence-electron chi connectivity index (χ3n) is 4.94. The van der Waals surface area contributed by atoms with Crippen molar-refractivity contribution < 1.29 is 14.7 Å². The van der Waals surface area contributed by atoms with Gasteiger partial charge in [0.2, 0.25) is 5.91 Å². The summed E-state index contributed by atoms with van der Waals surface area (Å²) in [6.07, 6.45) is 3.93. The minimum Gasteiger partial charge on any atom is -0.392 e. The summed E-state index contributed by atoms with van der Waals surface area (Å²) in [5.74, 6) is -0.383. The number of amides is 2. The van der Waals surface area contributed by atoms with Gasteiger partial charge >= 0.3 is 0 Å². The highest BCUT2D eigenvalue weighted by molar-refractivity contribution is 5.97. The van der Waals surface area contributed by atoms with E-state index < -0.39 is 6.10 Å². The molecule has 1 aromatic carbocycles. The van der Waals surface area contributed by atoms with Crippen molar-refractivity contribution in [3.8, 4) is 0 Å². The Labute approximate surface area is 136 Å². The normalized spacial score (nSPS) is 24.0. The molecule has 0 spiro atoms. The summed E-state index contributed by atoms with van der Waals surface area (Å²) in [6, 6.07) is 5.40. The number of nitrogens with one attached hydrogen (secondary N) is 1. The van der Waals surface area contributed by atoms with Crippen molar-refractivity contribution in [2.75, 3.05) is 18.4 Å². The average Bonchev–Trinajstić information content (AvgIpc) is 3.19. The van der Waals surface area contributed by atoms with Gasteiger partial charge in [-0.2, -0.15) is 0 Å². The van der Waals surface area contributed by atoms with Crippen molar-refractivity contribution in [1.29, 1.82) is 0 Å². The molecule has 5 heteroatoms. The van der Waals surface area contributed by atoms with Crippen LogP contribution in [0.1, 0.15) is 48.0 Å². The lowest BCUT2D eigenvalue weighted by atomic mass is 10.0. The summed E-state index contributed by atoms with van der Waals surface area (Å²) in [4.78, 5) is 26.5. The first-order valence-corrected chi connectivity index (χ1v) is 8.45. The predicted molar refractivity (Wildman–Crippen MR) is 88.3 cm³/mol. The number of aryl methyl sites for hydroxylation is 1. The largest absolute Gasteiger partial charge is 0.392 e. The Hall–Kier alpha value is -1.88. The molecule has 1 aliphatic carbocycles. The second-order valence-electron chi connectivity index (χ2n) is 6.62. The smallest absolute Gasteiger partial charge is 0.253 e. The molecule has 5 nitrogen and oxygen atoms in total. The van der Waals surface area contributed by atoms with Crippen LogP contribution in [0.2, 0.25) is 0 Å². The third kappa shape index (κ3) is 3.39. The number of hydrogen-bond acceptors (Lipinski definition) is 3. The quantitative estimate of drug-likeness (QED) is 0.899. The molecule has 3 rings (SSSR count). The number of benzene rings is 1. The van der Waals surface area contributed by atoms with Crippen molar-refractivity contribution >= 4 is 17.5 Å². The van der Waals surface area contributed by atoms with Crippen molar-refractivity contribution in [3.05, 3.63) is 29.3 Å². The molecule has 2 aliphatic rings. The van der Waals surface area contributed by atoms with Crippen LogP contribution in [0.5, 0.6) is 0 Å². The lowest BCUT2D eigenvalue weighted by Gasteiger charge is -2.18. The standard InChI is InChI=1S/C18H24N2O3/c1-12-11-13(18(23)20-9-2-3-10-20)7-8-15(12)19-17(22)14-5-4-6-16(14)21/h7-8,11,14,16,21H,2-6,9-10H2,1H3,(H,19,22). The zero-order valence-corrected chi connectivity index (χ0v) is 13.5. The first-order chi connectivity index (χ1) is 11.1. The molecule has 2 amide bonds. The summed E-state index contributed by atoms with van der Waals surface area (Å²) >= 11 is 0. The molecule has 0 radical (unpaired) electrons. The Kier molecular flexibility index (Phi) is 4.66. The fourth-order valence-electron chi connectivity index (χ4n) is 3.51. The molecule has 23 heavy (non-hydrogen) atoms. The van der Waals surface area contributed by atoms with Crippen LogP contribution in [0.4, 0.5) is 5.69 Å². The number of hydrogen-bond donors (Lipinski definition) is 2. The number of anilines is 1. The van der Waals surface area contributed by atoms with Crippen LogP contribution in [0.25, 0.3) is 0 Å². The number of carbonyl (C=O) groups excluding carboxylic acids is 2. The lowest BCUT2D eigenvalue weighted by molar-refractivity contribution is -0.122. The highest BCUT2D eigenvalue weighted by atomic mass is 16.3. The van der Waals surface area contributed by atoms with Crippen LogP contribution in [-0.2, 0) is 4.79 Å². The van der Waals surface area contributed by atoms with E-state index in [-0.39, 0.29) is 17.7 Å². The van der Waals surface area contributed by atoms with E-state index in [4.69, 9.17) is 0 Å². The maximum Gasteiger partial charge on any atom is 0.253 e. The molecule has 1 aliphatic heterocycles. The van der Waals surface area contributed by atoms with E-state index in [0.717, 1.165) is 44.3 Å². The summed E-state index contributed by atoms with van der Waals surface area (Å²) in [5, 5.41) is 12.7. The second-order valence-corrected chi connectivity index (χ2v) is 6.62. The van der Waals surface area contributed by atoms with E-state index in [2.05, 4.69) is 5.32 Å². The zero-order chi connectivity index (χ0) is 16.4. The van der Waals surface area contributed by atoms with Crippen LogP contribution in [0.3, 0.4) is 0 Å². The summed E-state index contributed by atoms with van der Waals surface area (Å²) in [6.45, 7) is 3.55. The molecular formula is C18H24N2O3. The molecule has 124 valence electrons. The minimum absolute atomic E-state index is 0.0645. The third-order valence-corrected chi connectivity index (χ3v) is 4.94. The lowest BCUT2D eigenvalue weighted by Crippen LogP contribution is -2.29. The number of aliphatic hydroxyl groups excluding tert-OH is 1. The summed E-state index contributed by atoms with van der Waals surface area (Å²) < 4.78 is 0. The van der Waals surface area contributed by atoms with Crippen LogP contribution in [0.15, 0.2) is 18.2 Å². The average molecular weight is 316 g/mol. The van der Waals surface area contributed by atoms with E-state index in [1.807, 2.05) is 17.9 Å². The van der Waals surface area contributed by atoms with Gasteiger partial charge < -0.3 is 15.3 Å². The topological polar surface area (TPSA) is 69.6 Å². The van der Waals surface area contributed by atoms with E-state index >= 15 is 0 Å². The molecule has 2 N–H and O–H groups in total. The van der Waals surface area contributed by atoms with Gasteiger partial charge in [0, 0.05) is 24.3 Å². The van der Waals surface area contributed by atoms with Gasteiger partial charge in [0.25, 0.3) is 5.91 Å². The van der Waals surface area contributed by atoms with Crippen LogP contribution >= 0.6 is 0 Å². The van der Waals surface area contributed by atoms with Crippen molar-refractivity contribution in [3.63, 3.8) is 0 Å². The Morgan fingerprint density at radius 3 is 2.52 bits per heavy atom. The SMILES string of the molecule is Cc1cc(C(=O)N2CCCC2)ccc1NC(=O)C1CCCC1O. The van der Waals surface area contributed by atoms with E-state index in [1.165, 1.54) is 0 Å². The molecule has 0 bridgehead atoms. The fourth-order valence-corrected chi connectivity index (χ4v) is 3.51. The number of likely N-dealkylation sites (tertiary alicyclic amines) is 1. The Balaban J connectivity index is 1.69. The molecular weight excluding hydrogens is 292 g/mol. The van der Waals surface area contributed by atoms with Gasteiger partial charge in [-0.3, -0.25) is 9.59 Å². The van der Waals surface area contributed by atoms with Crippen molar-refractivity contribution in [2.24, 2.45) is 5.92 Å². The minimum atomic E-state index is -0.536. The predicted octanol–water partition coefficient (Wildman–Crippen LogP) is 2.33. The maximum absolute atomic E-state index is 12.4. The first kappa shape index (κ1) is 16.0. The molecule has 1 heterocycles. The van der Waals surface area contributed by atoms with E-state index in [1.54, 1.807) is 12.1 Å². The molecule has 2 fully saturated rings. The van der Waals surface area contributed by atoms with Crippen LogP contribution < -0.4 is 5.32 Å². The van der Waals surface area contributed by atoms with Gasteiger partial charge in [0.1, 0.15) is 0 Å². The Morgan fingerprint density at radius 1 is 1.17 bits per heavy atom. The highest BCUT2D eigenvalue weighted by Crippen LogP contribution is 2.27. The van der Waals surface area contributed by atoms with Gasteiger partial charge in [-0.05, 0) is 62.8 Å². The number of rotatable bonds is 3. The Bertz CT molecular complexity index is 608. The number of aliphatic hydroxyl groups is 1. The number of carbonyl (C=O) groups is 2. The van der Waals surface area contributed by atoms with Gasteiger partial charge in [-0.15, -0.1) is 0 Å². The molecule has 2 atom stereocenters. The van der Waals surface area contributed by atoms with Crippen LogP contribution in [-0.4, -0.2) is 41.0 Å². The van der Waals surface area contributed by atoms with Gasteiger partial charge in [-0.25, -0.2) is 0 Å². The zero-order valence-electron chi connectivity index (χ0n) is 13.5. The maximum atomic E-state index is 12.4. The molecule has 2 unspecified atom stereocenters. The molecule has 1 saturated heterocycles.